The van der Waals surface area contributed by atoms with Crippen molar-refractivity contribution in [1.29, 1.82) is 5.41 Å². The highest BCUT2D eigenvalue weighted by Gasteiger charge is 2.08. The van der Waals surface area contributed by atoms with Crippen molar-refractivity contribution in [2.24, 2.45) is 0 Å². The molecule has 0 aliphatic carbocycles. The van der Waals surface area contributed by atoms with Crippen LogP contribution < -0.4 is 9.64 Å². The molecule has 0 saturated heterocycles. The first-order valence-corrected chi connectivity index (χ1v) is 7.44. The van der Waals surface area contributed by atoms with Gasteiger partial charge < -0.3 is 15.0 Å². The van der Waals surface area contributed by atoms with Crippen LogP contribution in [-0.2, 0) is 6.61 Å². The van der Waals surface area contributed by atoms with E-state index in [4.69, 9.17) is 10.1 Å². The zero-order valence-corrected chi connectivity index (χ0v) is 13.0. The van der Waals surface area contributed by atoms with E-state index in [1.807, 2.05) is 18.2 Å². The Morgan fingerprint density at radius 1 is 1.09 bits per heavy atom. The maximum Gasteiger partial charge on any atom is 0.130 e. The molecule has 0 heterocycles. The minimum atomic E-state index is -0.257. The second kappa shape index (κ2) is 7.59. The molecule has 0 radical (unpaired) electrons. The number of rotatable bonds is 7. The van der Waals surface area contributed by atoms with E-state index in [1.54, 1.807) is 12.1 Å². The van der Waals surface area contributed by atoms with Crippen molar-refractivity contribution in [1.82, 2.24) is 0 Å². The molecule has 0 amide bonds. The number of ether oxygens (including phenoxy) is 1. The van der Waals surface area contributed by atoms with Crippen molar-refractivity contribution in [3.8, 4) is 5.75 Å². The van der Waals surface area contributed by atoms with Gasteiger partial charge in [-0.2, -0.15) is 0 Å². The molecule has 0 fully saturated rings. The number of benzene rings is 2. The van der Waals surface area contributed by atoms with E-state index in [1.165, 1.54) is 18.3 Å². The number of nitrogens with one attached hydrogen (secondary N) is 1. The van der Waals surface area contributed by atoms with Gasteiger partial charge in [0.2, 0.25) is 0 Å². The van der Waals surface area contributed by atoms with Crippen molar-refractivity contribution in [3.05, 3.63) is 59.4 Å². The van der Waals surface area contributed by atoms with E-state index < -0.39 is 0 Å². The topological polar surface area (TPSA) is 36.3 Å². The van der Waals surface area contributed by atoms with Gasteiger partial charge in [-0.1, -0.05) is 12.1 Å². The summed E-state index contributed by atoms with van der Waals surface area (Å²) < 4.78 is 18.7. The van der Waals surface area contributed by atoms with Crippen LogP contribution in [0.5, 0.6) is 5.75 Å². The van der Waals surface area contributed by atoms with Gasteiger partial charge in [0.25, 0.3) is 0 Å². The second-order valence-electron chi connectivity index (χ2n) is 4.95. The number of anilines is 1. The lowest BCUT2D eigenvalue weighted by Crippen LogP contribution is -2.21. The van der Waals surface area contributed by atoms with Gasteiger partial charge in [-0.25, -0.2) is 4.39 Å². The van der Waals surface area contributed by atoms with Gasteiger partial charge in [0.05, 0.1) is 0 Å². The highest BCUT2D eigenvalue weighted by molar-refractivity contribution is 5.82. The lowest BCUT2D eigenvalue weighted by atomic mass is 10.1. The molecule has 0 aliphatic heterocycles. The highest BCUT2D eigenvalue weighted by atomic mass is 19.1. The predicted molar refractivity (Wildman–Crippen MR) is 88.6 cm³/mol. The first kappa shape index (κ1) is 16.0. The van der Waals surface area contributed by atoms with E-state index >= 15 is 0 Å². The molecule has 0 unspecified atom stereocenters. The fraction of sp³-hybridized carbons (Fsp3) is 0.278. The number of nitrogens with zero attached hydrogens (tertiary/aromatic N) is 1. The average molecular weight is 300 g/mol. The lowest BCUT2D eigenvalue weighted by molar-refractivity contribution is 0.305. The van der Waals surface area contributed by atoms with E-state index in [0.717, 1.165) is 29.9 Å². The molecule has 4 heteroatoms. The van der Waals surface area contributed by atoms with E-state index in [0.29, 0.717) is 12.4 Å². The van der Waals surface area contributed by atoms with Crippen LogP contribution in [0.15, 0.2) is 42.5 Å². The Morgan fingerprint density at radius 3 is 2.36 bits per heavy atom. The second-order valence-corrected chi connectivity index (χ2v) is 4.95. The van der Waals surface area contributed by atoms with Crippen LogP contribution in [0.2, 0.25) is 0 Å². The molecule has 0 atom stereocenters. The fourth-order valence-electron chi connectivity index (χ4n) is 2.29. The van der Waals surface area contributed by atoms with Crippen molar-refractivity contribution < 1.29 is 9.13 Å². The standard InChI is InChI=1S/C18H21FN2O/c1-3-21(4-2)17-10-7-15(12-20)18(11-17)22-13-14-5-8-16(19)9-6-14/h5-12,20H,3-4,13H2,1-2H3. The van der Waals surface area contributed by atoms with Crippen LogP contribution in [0, 0.1) is 11.2 Å². The Kier molecular flexibility index (Phi) is 5.53. The molecular formula is C18H21FN2O. The molecule has 2 aromatic carbocycles. The minimum absolute atomic E-state index is 0.257. The van der Waals surface area contributed by atoms with E-state index in [9.17, 15) is 4.39 Å². The minimum Gasteiger partial charge on any atom is -0.488 e. The summed E-state index contributed by atoms with van der Waals surface area (Å²) in [5.41, 5.74) is 2.70. The Balaban J connectivity index is 2.18. The smallest absolute Gasteiger partial charge is 0.130 e. The third kappa shape index (κ3) is 3.85. The molecule has 0 aromatic heterocycles. The lowest BCUT2D eigenvalue weighted by Gasteiger charge is -2.22. The maximum atomic E-state index is 12.9. The van der Waals surface area contributed by atoms with Gasteiger partial charge in [-0.15, -0.1) is 0 Å². The number of hydrogen-bond acceptors (Lipinski definition) is 3. The van der Waals surface area contributed by atoms with Crippen LogP contribution in [0.25, 0.3) is 0 Å². The Labute approximate surface area is 130 Å². The van der Waals surface area contributed by atoms with Crippen LogP contribution in [0.1, 0.15) is 25.0 Å². The summed E-state index contributed by atoms with van der Waals surface area (Å²) in [5.74, 6) is 0.413. The monoisotopic (exact) mass is 300 g/mol. The SMILES string of the molecule is CCN(CC)c1ccc(C=N)c(OCc2ccc(F)cc2)c1. The van der Waals surface area contributed by atoms with Crippen molar-refractivity contribution in [3.63, 3.8) is 0 Å². The highest BCUT2D eigenvalue weighted by Crippen LogP contribution is 2.25. The molecule has 3 nitrogen and oxygen atoms in total. The van der Waals surface area contributed by atoms with E-state index in [2.05, 4.69) is 18.7 Å². The Morgan fingerprint density at radius 2 is 1.77 bits per heavy atom. The third-order valence-corrected chi connectivity index (χ3v) is 3.59. The molecular weight excluding hydrogens is 279 g/mol. The molecule has 0 saturated carbocycles. The Bertz CT molecular complexity index is 621. The van der Waals surface area contributed by atoms with Gasteiger partial charge in [-0.05, 0) is 43.7 Å². The molecule has 2 aromatic rings. The summed E-state index contributed by atoms with van der Waals surface area (Å²) >= 11 is 0. The van der Waals surface area contributed by atoms with Crippen molar-refractivity contribution in [2.75, 3.05) is 18.0 Å². The molecule has 116 valence electrons. The number of halogens is 1. The molecule has 0 aliphatic rings. The zero-order valence-electron chi connectivity index (χ0n) is 13.0. The van der Waals surface area contributed by atoms with Gasteiger partial charge in [-0.3, -0.25) is 0 Å². The summed E-state index contributed by atoms with van der Waals surface area (Å²) in [6.45, 7) is 6.39. The van der Waals surface area contributed by atoms with E-state index in [-0.39, 0.29) is 5.82 Å². The molecule has 0 bridgehead atoms. The summed E-state index contributed by atoms with van der Waals surface area (Å²) in [4.78, 5) is 2.22. The quantitative estimate of drug-likeness (QED) is 0.776. The summed E-state index contributed by atoms with van der Waals surface area (Å²) in [6.07, 6.45) is 1.28. The summed E-state index contributed by atoms with van der Waals surface area (Å²) in [7, 11) is 0. The average Bonchev–Trinajstić information content (AvgIpc) is 2.55. The van der Waals surface area contributed by atoms with Crippen molar-refractivity contribution >= 4 is 11.9 Å². The van der Waals surface area contributed by atoms with Crippen molar-refractivity contribution in [2.45, 2.75) is 20.5 Å². The summed E-state index contributed by atoms with van der Waals surface area (Å²) in [6, 6.07) is 12.1. The first-order valence-electron chi connectivity index (χ1n) is 7.44. The van der Waals surface area contributed by atoms with Crippen LogP contribution in [0.3, 0.4) is 0 Å². The first-order chi connectivity index (χ1) is 10.7. The van der Waals surface area contributed by atoms with Gasteiger partial charge in [0.15, 0.2) is 0 Å². The third-order valence-electron chi connectivity index (χ3n) is 3.59. The molecule has 2 rings (SSSR count). The molecule has 1 N–H and O–H groups in total. The zero-order chi connectivity index (χ0) is 15.9. The number of hydrogen-bond donors (Lipinski definition) is 1. The van der Waals surface area contributed by atoms with Gasteiger partial charge >= 0.3 is 0 Å². The normalized spacial score (nSPS) is 10.3. The van der Waals surface area contributed by atoms with Gasteiger partial charge in [0, 0.05) is 36.6 Å². The Hall–Kier alpha value is -2.36. The maximum absolute atomic E-state index is 12.9. The van der Waals surface area contributed by atoms with Crippen LogP contribution in [0.4, 0.5) is 10.1 Å². The van der Waals surface area contributed by atoms with Gasteiger partial charge in [0.1, 0.15) is 18.2 Å². The predicted octanol–water partition coefficient (Wildman–Crippen LogP) is 4.25. The largest absolute Gasteiger partial charge is 0.488 e. The molecule has 22 heavy (non-hydrogen) atoms. The molecule has 0 spiro atoms. The fourth-order valence-corrected chi connectivity index (χ4v) is 2.29. The van der Waals surface area contributed by atoms with Crippen LogP contribution in [-0.4, -0.2) is 19.3 Å². The van der Waals surface area contributed by atoms with Crippen LogP contribution >= 0.6 is 0 Å². The summed E-state index contributed by atoms with van der Waals surface area (Å²) in [5, 5.41) is 7.50.